The predicted octanol–water partition coefficient (Wildman–Crippen LogP) is -0.114. The van der Waals surface area contributed by atoms with Crippen LogP contribution in [0.1, 0.15) is 0 Å². The van der Waals surface area contributed by atoms with Crippen molar-refractivity contribution in [3.63, 3.8) is 0 Å². The molecular formula is C6H6O7S2. The zero-order valence-corrected chi connectivity index (χ0v) is 8.66. The largest absolute Gasteiger partial charge is 0.506 e. The van der Waals surface area contributed by atoms with Crippen LogP contribution >= 0.6 is 0 Å². The zero-order chi connectivity index (χ0) is 11.9. The van der Waals surface area contributed by atoms with Crippen LogP contribution < -0.4 is 0 Å². The Morgan fingerprint density at radius 2 is 1.47 bits per heavy atom. The number of benzene rings is 1. The number of rotatable bonds is 2. The summed E-state index contributed by atoms with van der Waals surface area (Å²) in [6.45, 7) is 0. The summed E-state index contributed by atoms with van der Waals surface area (Å²) in [5.41, 5.74) is 0. The molecule has 1 aromatic rings. The van der Waals surface area contributed by atoms with E-state index in [0.29, 0.717) is 6.07 Å². The van der Waals surface area contributed by atoms with E-state index >= 15 is 0 Å². The molecule has 0 heterocycles. The van der Waals surface area contributed by atoms with Gasteiger partial charge >= 0.3 is 0 Å². The normalized spacial score (nSPS) is 12.7. The summed E-state index contributed by atoms with van der Waals surface area (Å²) in [5, 5.41) is 9.02. The second kappa shape index (κ2) is 3.45. The van der Waals surface area contributed by atoms with Crippen molar-refractivity contribution in [3.05, 3.63) is 18.2 Å². The molecular weight excluding hydrogens is 248 g/mol. The van der Waals surface area contributed by atoms with Crippen molar-refractivity contribution in [1.82, 2.24) is 0 Å². The standard InChI is InChI=1S/C6H6O7S2/c7-5-2-1-4(14(8,9)10)3-6(5)15(11,12)13/h1-3,7H,(H,8,9,10)(H,11,12,13). The SMILES string of the molecule is O=S(=O)(O)c1ccc(O)c(S(=O)(=O)O)c1. The third-order valence-corrected chi connectivity index (χ3v) is 3.24. The van der Waals surface area contributed by atoms with E-state index in [9.17, 15) is 16.8 Å². The molecule has 0 fully saturated rings. The topological polar surface area (TPSA) is 129 Å². The molecule has 3 N–H and O–H groups in total. The van der Waals surface area contributed by atoms with Crippen LogP contribution in [0, 0.1) is 0 Å². The summed E-state index contributed by atoms with van der Waals surface area (Å²) in [7, 11) is -9.33. The first-order chi connectivity index (χ1) is 6.62. The van der Waals surface area contributed by atoms with Gasteiger partial charge in [-0.1, -0.05) is 0 Å². The van der Waals surface area contributed by atoms with E-state index in [2.05, 4.69) is 0 Å². The van der Waals surface area contributed by atoms with Crippen molar-refractivity contribution in [2.75, 3.05) is 0 Å². The molecule has 0 unspecified atom stereocenters. The Morgan fingerprint density at radius 1 is 0.933 bits per heavy atom. The highest BCUT2D eigenvalue weighted by Crippen LogP contribution is 2.25. The maximum Gasteiger partial charge on any atom is 0.298 e. The summed E-state index contributed by atoms with van der Waals surface area (Å²) < 4.78 is 59.7. The Kier molecular flexibility index (Phi) is 2.74. The van der Waals surface area contributed by atoms with Gasteiger partial charge in [0.05, 0.1) is 4.90 Å². The van der Waals surface area contributed by atoms with Crippen molar-refractivity contribution in [2.24, 2.45) is 0 Å². The fourth-order valence-electron chi connectivity index (χ4n) is 0.862. The molecule has 0 aliphatic heterocycles. The lowest BCUT2D eigenvalue weighted by Gasteiger charge is -2.02. The second-order valence-electron chi connectivity index (χ2n) is 2.58. The highest BCUT2D eigenvalue weighted by molar-refractivity contribution is 7.86. The Hall–Kier alpha value is -1.16. The zero-order valence-electron chi connectivity index (χ0n) is 7.02. The average Bonchev–Trinajstić information content (AvgIpc) is 2.00. The molecule has 0 aliphatic rings. The molecule has 0 aromatic heterocycles. The van der Waals surface area contributed by atoms with Gasteiger partial charge in [-0.25, -0.2) is 0 Å². The smallest absolute Gasteiger partial charge is 0.298 e. The molecule has 0 aliphatic carbocycles. The van der Waals surface area contributed by atoms with Crippen LogP contribution in [-0.2, 0) is 20.2 Å². The Labute approximate surface area is 85.5 Å². The van der Waals surface area contributed by atoms with E-state index in [0.717, 1.165) is 12.1 Å². The summed E-state index contributed by atoms with van der Waals surface area (Å²) in [4.78, 5) is -1.73. The maximum atomic E-state index is 10.7. The van der Waals surface area contributed by atoms with Gasteiger partial charge in [0, 0.05) is 0 Å². The Morgan fingerprint density at radius 3 is 1.87 bits per heavy atom. The van der Waals surface area contributed by atoms with Crippen LogP contribution in [0.3, 0.4) is 0 Å². The van der Waals surface area contributed by atoms with Crippen molar-refractivity contribution in [2.45, 2.75) is 9.79 Å². The summed E-state index contributed by atoms with van der Waals surface area (Å²) in [6, 6.07) is 1.96. The lowest BCUT2D eigenvalue weighted by molar-refractivity contribution is 0.442. The summed E-state index contributed by atoms with van der Waals surface area (Å²) in [6.07, 6.45) is 0. The van der Waals surface area contributed by atoms with Crippen molar-refractivity contribution in [3.8, 4) is 5.75 Å². The van der Waals surface area contributed by atoms with Gasteiger partial charge in [-0.15, -0.1) is 0 Å². The predicted molar refractivity (Wildman–Crippen MR) is 47.7 cm³/mol. The first-order valence-corrected chi connectivity index (χ1v) is 6.28. The van der Waals surface area contributed by atoms with Crippen LogP contribution in [0.15, 0.2) is 28.0 Å². The van der Waals surface area contributed by atoms with Gasteiger partial charge < -0.3 is 5.11 Å². The van der Waals surface area contributed by atoms with Crippen molar-refractivity contribution < 1.29 is 31.0 Å². The van der Waals surface area contributed by atoms with Gasteiger partial charge in [-0.2, -0.15) is 16.8 Å². The molecule has 0 radical (unpaired) electrons. The number of hydrogen-bond donors (Lipinski definition) is 3. The third-order valence-electron chi connectivity index (χ3n) is 1.51. The molecule has 1 aromatic carbocycles. The minimum atomic E-state index is -4.74. The molecule has 9 heteroatoms. The van der Waals surface area contributed by atoms with Gasteiger partial charge in [0.25, 0.3) is 20.2 Å². The van der Waals surface area contributed by atoms with Crippen LogP contribution in [0.5, 0.6) is 5.75 Å². The van der Waals surface area contributed by atoms with E-state index in [1.165, 1.54) is 0 Å². The molecule has 0 amide bonds. The molecule has 0 saturated heterocycles. The fourth-order valence-corrected chi connectivity index (χ4v) is 2.05. The van der Waals surface area contributed by atoms with E-state index < -0.39 is 35.8 Å². The second-order valence-corrected chi connectivity index (χ2v) is 5.39. The van der Waals surface area contributed by atoms with Gasteiger partial charge in [0.2, 0.25) is 0 Å². The summed E-state index contributed by atoms with van der Waals surface area (Å²) in [5.74, 6) is -0.815. The molecule has 0 saturated carbocycles. The maximum absolute atomic E-state index is 10.7. The lowest BCUT2D eigenvalue weighted by atomic mass is 10.3. The molecule has 0 spiro atoms. The summed E-state index contributed by atoms with van der Waals surface area (Å²) >= 11 is 0. The number of phenols is 1. The highest BCUT2D eigenvalue weighted by atomic mass is 32.2. The molecule has 7 nitrogen and oxygen atoms in total. The quantitative estimate of drug-likeness (QED) is 0.627. The van der Waals surface area contributed by atoms with Gasteiger partial charge in [-0.3, -0.25) is 9.11 Å². The highest BCUT2D eigenvalue weighted by Gasteiger charge is 2.19. The molecule has 84 valence electrons. The number of aromatic hydroxyl groups is 1. The van der Waals surface area contributed by atoms with Crippen molar-refractivity contribution in [1.29, 1.82) is 0 Å². The molecule has 0 bridgehead atoms. The minimum Gasteiger partial charge on any atom is -0.506 e. The third kappa shape index (κ3) is 2.65. The Balaban J connectivity index is 3.57. The monoisotopic (exact) mass is 254 g/mol. The molecule has 0 atom stereocenters. The minimum absolute atomic E-state index is 0.444. The molecule has 15 heavy (non-hydrogen) atoms. The van der Waals surface area contributed by atoms with Crippen LogP contribution in [0.4, 0.5) is 0 Å². The van der Waals surface area contributed by atoms with Gasteiger partial charge in [0.1, 0.15) is 10.6 Å². The van der Waals surface area contributed by atoms with Crippen molar-refractivity contribution >= 4 is 20.2 Å². The van der Waals surface area contributed by atoms with E-state index in [1.54, 1.807) is 0 Å². The lowest BCUT2D eigenvalue weighted by Crippen LogP contribution is -2.03. The van der Waals surface area contributed by atoms with E-state index in [4.69, 9.17) is 14.2 Å². The number of hydrogen-bond acceptors (Lipinski definition) is 5. The first-order valence-electron chi connectivity index (χ1n) is 3.40. The number of phenolic OH excluding ortho intramolecular Hbond substituents is 1. The van der Waals surface area contributed by atoms with Gasteiger partial charge in [0.15, 0.2) is 0 Å². The fraction of sp³-hybridized carbons (Fsp3) is 0. The van der Waals surface area contributed by atoms with E-state index in [-0.39, 0.29) is 0 Å². The molecule has 1 rings (SSSR count). The van der Waals surface area contributed by atoms with Crippen LogP contribution in [0.25, 0.3) is 0 Å². The van der Waals surface area contributed by atoms with Gasteiger partial charge in [-0.05, 0) is 18.2 Å². The Bertz CT molecular complexity index is 584. The van der Waals surface area contributed by atoms with E-state index in [1.807, 2.05) is 0 Å². The van der Waals surface area contributed by atoms with Crippen LogP contribution in [0.2, 0.25) is 0 Å². The van der Waals surface area contributed by atoms with Crippen LogP contribution in [-0.4, -0.2) is 31.0 Å². The average molecular weight is 254 g/mol. The first kappa shape index (κ1) is 11.9.